The number of amides is 2. The Morgan fingerprint density at radius 2 is 1.92 bits per heavy atom. The van der Waals surface area contributed by atoms with Gasteiger partial charge < -0.3 is 10.1 Å². The van der Waals surface area contributed by atoms with Crippen LogP contribution in [0.4, 0.5) is 10.5 Å². The smallest absolute Gasteiger partial charge is 0.411 e. The van der Waals surface area contributed by atoms with Crippen molar-refractivity contribution in [2.45, 2.75) is 78.0 Å². The number of nitrogens with zero attached hydrogens (tertiary/aromatic N) is 1. The summed E-state index contributed by atoms with van der Waals surface area (Å²) in [5.41, 5.74) is 2.37. The summed E-state index contributed by atoms with van der Waals surface area (Å²) in [5, 5.41) is 3.06. The van der Waals surface area contributed by atoms with E-state index in [0.717, 1.165) is 42.5 Å². The minimum atomic E-state index is -0.568. The first-order valence-electron chi connectivity index (χ1n) is 9.55. The summed E-state index contributed by atoms with van der Waals surface area (Å²) in [7, 11) is 0. The highest BCUT2D eigenvalue weighted by molar-refractivity contribution is 5.98. The van der Waals surface area contributed by atoms with Crippen molar-refractivity contribution >= 4 is 17.7 Å². The fourth-order valence-electron chi connectivity index (χ4n) is 4.19. The first kappa shape index (κ1) is 18.7. The van der Waals surface area contributed by atoms with Crippen LogP contribution in [0.5, 0.6) is 0 Å². The van der Waals surface area contributed by atoms with Gasteiger partial charge in [0.25, 0.3) is 0 Å². The van der Waals surface area contributed by atoms with Crippen molar-refractivity contribution < 1.29 is 14.3 Å². The molecule has 3 atom stereocenters. The molecule has 0 spiro atoms. The van der Waals surface area contributed by atoms with E-state index in [1.807, 2.05) is 52.8 Å². The number of likely N-dealkylation sites (tertiary alicyclic amines) is 1. The maximum Gasteiger partial charge on any atom is 0.411 e. The first-order valence-corrected chi connectivity index (χ1v) is 9.55. The van der Waals surface area contributed by atoms with Crippen molar-refractivity contribution in [1.29, 1.82) is 0 Å². The van der Waals surface area contributed by atoms with Gasteiger partial charge in [0.05, 0.1) is 0 Å². The Balaban J connectivity index is 1.83. The zero-order valence-electron chi connectivity index (χ0n) is 16.5. The molecule has 0 aromatic heterocycles. The molecule has 3 rings (SSSR count). The number of hydrogen-bond donors (Lipinski definition) is 1. The van der Waals surface area contributed by atoms with Crippen LogP contribution in [0.15, 0.2) is 18.2 Å². The minimum absolute atomic E-state index is 0.0982. The maximum atomic E-state index is 13.1. The Morgan fingerprint density at radius 3 is 2.62 bits per heavy atom. The Bertz CT molecular complexity index is 708. The quantitative estimate of drug-likeness (QED) is 0.851. The molecule has 0 radical (unpaired) electrons. The van der Waals surface area contributed by atoms with Crippen LogP contribution in [-0.2, 0) is 9.53 Å². The molecule has 1 aliphatic heterocycles. The third-order valence-corrected chi connectivity index (χ3v) is 5.35. The normalized spacial score (nSPS) is 25.1. The minimum Gasteiger partial charge on any atom is -0.444 e. The van der Waals surface area contributed by atoms with E-state index in [9.17, 15) is 9.59 Å². The highest BCUT2D eigenvalue weighted by Crippen LogP contribution is 2.41. The van der Waals surface area contributed by atoms with Crippen LogP contribution >= 0.6 is 0 Å². The highest BCUT2D eigenvalue weighted by Gasteiger charge is 2.50. The fraction of sp³-hybridized carbons (Fsp3) is 0.619. The summed E-state index contributed by atoms with van der Waals surface area (Å²) in [6, 6.07) is 5.67. The lowest BCUT2D eigenvalue weighted by atomic mass is 9.87. The van der Waals surface area contributed by atoms with Crippen molar-refractivity contribution in [2.75, 3.05) is 5.32 Å². The van der Waals surface area contributed by atoms with Crippen LogP contribution < -0.4 is 5.32 Å². The van der Waals surface area contributed by atoms with Gasteiger partial charge in [-0.1, -0.05) is 18.6 Å². The van der Waals surface area contributed by atoms with Gasteiger partial charge in [0.1, 0.15) is 11.6 Å². The summed E-state index contributed by atoms with van der Waals surface area (Å²) in [6.07, 6.45) is 3.52. The number of nitrogens with one attached hydrogen (secondary N) is 1. The molecule has 142 valence electrons. The fourth-order valence-corrected chi connectivity index (χ4v) is 4.19. The van der Waals surface area contributed by atoms with Crippen LogP contribution in [-0.4, -0.2) is 34.6 Å². The molecular formula is C21H30N2O3. The van der Waals surface area contributed by atoms with Gasteiger partial charge in [0.2, 0.25) is 5.91 Å². The predicted octanol–water partition coefficient (Wildman–Crippen LogP) is 4.42. The molecule has 2 aliphatic rings. The third kappa shape index (κ3) is 3.87. The number of rotatable bonds is 2. The van der Waals surface area contributed by atoms with E-state index in [2.05, 4.69) is 5.32 Å². The van der Waals surface area contributed by atoms with E-state index in [-0.39, 0.29) is 24.0 Å². The number of fused-ring (bicyclic) bond motifs is 2. The second kappa shape index (κ2) is 6.93. The second-order valence-corrected chi connectivity index (χ2v) is 8.72. The Morgan fingerprint density at radius 1 is 1.19 bits per heavy atom. The van der Waals surface area contributed by atoms with Gasteiger partial charge in [-0.3, -0.25) is 9.69 Å². The Kier molecular flexibility index (Phi) is 5.00. The summed E-state index contributed by atoms with van der Waals surface area (Å²) < 4.78 is 5.61. The molecule has 26 heavy (non-hydrogen) atoms. The van der Waals surface area contributed by atoms with Gasteiger partial charge in [-0.2, -0.15) is 0 Å². The number of carbonyl (C=O) groups is 2. The standard InChI is InChI=1S/C21H30N2O3/c1-13-9-10-14(2)17(11-13)22-19(24)18-15-7-6-8-16(12-15)23(18)20(25)26-21(3,4)5/h9-11,15-16,18H,6-8,12H2,1-5H3,(H,22,24)/t15-,16?,18?/m0/s1. The van der Waals surface area contributed by atoms with Gasteiger partial charge in [-0.15, -0.1) is 0 Å². The second-order valence-electron chi connectivity index (χ2n) is 8.72. The molecule has 1 heterocycles. The molecular weight excluding hydrogens is 328 g/mol. The summed E-state index contributed by atoms with van der Waals surface area (Å²) in [6.45, 7) is 9.56. The average Bonchev–Trinajstić information content (AvgIpc) is 2.79. The van der Waals surface area contributed by atoms with Crippen LogP contribution in [0, 0.1) is 19.8 Å². The van der Waals surface area contributed by atoms with Gasteiger partial charge in [0.15, 0.2) is 0 Å². The lowest BCUT2D eigenvalue weighted by molar-refractivity contribution is -0.121. The zero-order valence-corrected chi connectivity index (χ0v) is 16.5. The molecule has 1 aromatic carbocycles. The first-order chi connectivity index (χ1) is 12.2. The molecule has 5 nitrogen and oxygen atoms in total. The van der Waals surface area contributed by atoms with Gasteiger partial charge in [0, 0.05) is 11.7 Å². The number of anilines is 1. The van der Waals surface area contributed by atoms with Gasteiger partial charge >= 0.3 is 6.09 Å². The monoisotopic (exact) mass is 358 g/mol. The molecule has 2 bridgehead atoms. The number of aryl methyl sites for hydroxylation is 2. The molecule has 1 aliphatic carbocycles. The lowest BCUT2D eigenvalue weighted by Gasteiger charge is -2.31. The topological polar surface area (TPSA) is 58.6 Å². The van der Waals surface area contributed by atoms with Crippen LogP contribution in [0.2, 0.25) is 0 Å². The molecule has 2 fully saturated rings. The van der Waals surface area contributed by atoms with Crippen molar-refractivity contribution in [3.63, 3.8) is 0 Å². The SMILES string of the molecule is Cc1ccc(C)c(NC(=O)C2[C@H]3CCCC(C3)N2C(=O)OC(C)(C)C)c1. The van der Waals surface area contributed by atoms with Crippen molar-refractivity contribution in [2.24, 2.45) is 5.92 Å². The van der Waals surface area contributed by atoms with E-state index in [1.165, 1.54) is 0 Å². The summed E-state index contributed by atoms with van der Waals surface area (Å²) in [4.78, 5) is 27.7. The van der Waals surface area contributed by atoms with Crippen LogP contribution in [0.25, 0.3) is 0 Å². The molecule has 1 saturated carbocycles. The van der Waals surface area contributed by atoms with E-state index in [4.69, 9.17) is 4.74 Å². The van der Waals surface area contributed by atoms with Crippen LogP contribution in [0.3, 0.4) is 0 Å². The molecule has 1 saturated heterocycles. The van der Waals surface area contributed by atoms with Crippen molar-refractivity contribution in [1.82, 2.24) is 4.90 Å². The summed E-state index contributed by atoms with van der Waals surface area (Å²) in [5.74, 6) is 0.116. The van der Waals surface area contributed by atoms with E-state index in [1.54, 1.807) is 4.90 Å². The third-order valence-electron chi connectivity index (χ3n) is 5.35. The van der Waals surface area contributed by atoms with Gasteiger partial charge in [-0.25, -0.2) is 4.79 Å². The lowest BCUT2D eigenvalue weighted by Crippen LogP contribution is -2.49. The Hall–Kier alpha value is -2.04. The number of carbonyl (C=O) groups excluding carboxylic acids is 2. The molecule has 2 amide bonds. The highest BCUT2D eigenvalue weighted by atomic mass is 16.6. The number of ether oxygens (including phenoxy) is 1. The number of hydrogen-bond acceptors (Lipinski definition) is 3. The molecule has 5 heteroatoms. The molecule has 2 unspecified atom stereocenters. The largest absolute Gasteiger partial charge is 0.444 e. The summed E-state index contributed by atoms with van der Waals surface area (Å²) >= 11 is 0. The van der Waals surface area contributed by atoms with Gasteiger partial charge in [-0.05, 0) is 77.0 Å². The van der Waals surface area contributed by atoms with E-state index < -0.39 is 11.6 Å². The maximum absolute atomic E-state index is 13.1. The average molecular weight is 358 g/mol. The van der Waals surface area contributed by atoms with E-state index in [0.29, 0.717) is 0 Å². The molecule has 1 N–H and O–H groups in total. The van der Waals surface area contributed by atoms with Crippen molar-refractivity contribution in [3.05, 3.63) is 29.3 Å². The predicted molar refractivity (Wildman–Crippen MR) is 102 cm³/mol. The van der Waals surface area contributed by atoms with Crippen molar-refractivity contribution in [3.8, 4) is 0 Å². The zero-order chi connectivity index (χ0) is 19.1. The Labute approximate surface area is 156 Å². The van der Waals surface area contributed by atoms with Crippen LogP contribution in [0.1, 0.15) is 57.6 Å². The number of benzene rings is 1. The molecule has 1 aromatic rings. The van der Waals surface area contributed by atoms with E-state index >= 15 is 0 Å².